The van der Waals surface area contributed by atoms with E-state index in [2.05, 4.69) is 46.7 Å². The molecule has 2 N–H and O–H groups in total. The Balaban J connectivity index is 1.69. The highest BCUT2D eigenvalue weighted by Crippen LogP contribution is 2.52. The van der Waals surface area contributed by atoms with Gasteiger partial charge in [0.2, 0.25) is 0 Å². The first-order valence-electron chi connectivity index (χ1n) is 6.21. The smallest absolute Gasteiger partial charge is 0.191 e. The molecule has 0 amide bonds. The third kappa shape index (κ3) is 1.58. The van der Waals surface area contributed by atoms with Crippen LogP contribution in [0.2, 0.25) is 0 Å². The van der Waals surface area contributed by atoms with Gasteiger partial charge in [-0.2, -0.15) is 5.21 Å². The number of aromatic nitrogens is 4. The molecule has 17 heavy (non-hydrogen) atoms. The molecule has 2 heterocycles. The van der Waals surface area contributed by atoms with Gasteiger partial charge < -0.3 is 10.1 Å². The van der Waals surface area contributed by atoms with Crippen molar-refractivity contribution in [3.8, 4) is 0 Å². The normalized spacial score (nSPS) is 36.3. The van der Waals surface area contributed by atoms with Crippen LogP contribution in [0.15, 0.2) is 0 Å². The van der Waals surface area contributed by atoms with E-state index in [4.69, 9.17) is 4.74 Å². The van der Waals surface area contributed by atoms with Crippen molar-refractivity contribution >= 4 is 0 Å². The van der Waals surface area contributed by atoms with Crippen LogP contribution in [-0.2, 0) is 4.74 Å². The minimum Gasteiger partial charge on any atom is -0.377 e. The highest BCUT2D eigenvalue weighted by molar-refractivity contribution is 5.12. The third-order valence-electron chi connectivity index (χ3n) is 4.28. The van der Waals surface area contributed by atoms with E-state index in [1.54, 1.807) is 0 Å². The molecule has 0 spiro atoms. The van der Waals surface area contributed by atoms with Crippen molar-refractivity contribution in [3.63, 3.8) is 0 Å². The van der Waals surface area contributed by atoms with E-state index in [9.17, 15) is 0 Å². The molecule has 0 bridgehead atoms. The number of hydrogen-bond donors (Lipinski definition) is 2. The average molecular weight is 237 g/mol. The number of H-pyrrole nitrogens is 1. The number of tetrazole rings is 1. The Morgan fingerprint density at radius 2 is 2.35 bits per heavy atom. The Labute approximate surface area is 101 Å². The lowest BCUT2D eigenvalue weighted by Gasteiger charge is -2.55. The summed E-state index contributed by atoms with van der Waals surface area (Å²) in [7, 11) is 0. The summed E-state index contributed by atoms with van der Waals surface area (Å²) in [6.45, 7) is 7.50. The first kappa shape index (κ1) is 11.1. The highest BCUT2D eigenvalue weighted by atomic mass is 16.5. The number of nitrogens with zero attached hydrogens (tertiary/aromatic N) is 3. The first-order valence-corrected chi connectivity index (χ1v) is 6.21. The van der Waals surface area contributed by atoms with Crippen LogP contribution < -0.4 is 5.32 Å². The summed E-state index contributed by atoms with van der Waals surface area (Å²) in [4.78, 5) is 0. The molecule has 0 aromatic carbocycles. The zero-order valence-corrected chi connectivity index (χ0v) is 10.5. The number of ether oxygens (including phenoxy) is 1. The Hall–Kier alpha value is -1.01. The summed E-state index contributed by atoms with van der Waals surface area (Å²) >= 11 is 0. The number of aromatic amines is 1. The molecule has 1 aliphatic heterocycles. The Kier molecular flexibility index (Phi) is 2.45. The molecule has 1 aromatic heterocycles. The van der Waals surface area contributed by atoms with E-state index in [1.807, 2.05) is 0 Å². The molecule has 2 fully saturated rings. The predicted molar refractivity (Wildman–Crippen MR) is 61.1 cm³/mol. The predicted octanol–water partition coefficient (Wildman–Crippen LogP) is 0.664. The second-order valence-electron chi connectivity index (χ2n) is 5.70. The molecule has 94 valence electrons. The Morgan fingerprint density at radius 1 is 1.53 bits per heavy atom. The molecular weight excluding hydrogens is 218 g/mol. The van der Waals surface area contributed by atoms with Gasteiger partial charge in [-0.15, -0.1) is 10.2 Å². The lowest BCUT2D eigenvalue weighted by Crippen LogP contribution is -2.66. The van der Waals surface area contributed by atoms with Crippen molar-refractivity contribution in [2.45, 2.75) is 45.4 Å². The zero-order valence-electron chi connectivity index (χ0n) is 10.5. The molecule has 1 saturated heterocycles. The second-order valence-corrected chi connectivity index (χ2v) is 5.70. The van der Waals surface area contributed by atoms with Crippen LogP contribution in [0.25, 0.3) is 0 Å². The fourth-order valence-corrected chi connectivity index (χ4v) is 3.36. The third-order valence-corrected chi connectivity index (χ3v) is 4.28. The van der Waals surface area contributed by atoms with Crippen LogP contribution in [0.5, 0.6) is 0 Å². The molecule has 4 atom stereocenters. The van der Waals surface area contributed by atoms with Gasteiger partial charge in [-0.3, -0.25) is 0 Å². The summed E-state index contributed by atoms with van der Waals surface area (Å²) in [6, 6.07) is 0.600. The molecule has 0 radical (unpaired) electrons. The van der Waals surface area contributed by atoms with E-state index < -0.39 is 0 Å². The molecule has 4 unspecified atom stereocenters. The van der Waals surface area contributed by atoms with Gasteiger partial charge in [0.25, 0.3) is 0 Å². The van der Waals surface area contributed by atoms with Crippen molar-refractivity contribution in [1.29, 1.82) is 0 Å². The lowest BCUT2D eigenvalue weighted by atomic mass is 9.57. The monoisotopic (exact) mass is 237 g/mol. The standard InChI is InChI=1S/C11H19N5O/c1-6(10-13-15-16-14-10)12-8-7-4-5-17-9(7)11(8,2)3/h6-9,12H,4-5H2,1-3H3,(H,13,14,15,16). The van der Waals surface area contributed by atoms with Gasteiger partial charge in [0.05, 0.1) is 12.1 Å². The molecule has 1 saturated carbocycles. The van der Waals surface area contributed by atoms with Crippen LogP contribution in [-0.4, -0.2) is 39.4 Å². The van der Waals surface area contributed by atoms with Crippen LogP contribution >= 0.6 is 0 Å². The molecular formula is C11H19N5O. The Morgan fingerprint density at radius 3 is 3.06 bits per heavy atom. The van der Waals surface area contributed by atoms with E-state index in [0.29, 0.717) is 18.1 Å². The maximum absolute atomic E-state index is 5.78. The second kappa shape index (κ2) is 3.74. The first-order chi connectivity index (χ1) is 8.10. The summed E-state index contributed by atoms with van der Waals surface area (Å²) in [5.41, 5.74) is 0.194. The van der Waals surface area contributed by atoms with E-state index in [-0.39, 0.29) is 11.5 Å². The topological polar surface area (TPSA) is 75.7 Å². The van der Waals surface area contributed by atoms with Crippen LogP contribution in [0.3, 0.4) is 0 Å². The van der Waals surface area contributed by atoms with Gasteiger partial charge in [0.15, 0.2) is 5.82 Å². The average Bonchev–Trinajstić information content (AvgIpc) is 2.95. The zero-order chi connectivity index (χ0) is 12.0. The molecule has 2 aliphatic rings. The van der Waals surface area contributed by atoms with Gasteiger partial charge in [-0.1, -0.05) is 19.1 Å². The quantitative estimate of drug-likeness (QED) is 0.808. The molecule has 1 aromatic rings. The summed E-state index contributed by atoms with van der Waals surface area (Å²) in [5.74, 6) is 1.36. The van der Waals surface area contributed by atoms with Crippen molar-refractivity contribution in [3.05, 3.63) is 5.82 Å². The van der Waals surface area contributed by atoms with Crippen LogP contribution in [0.4, 0.5) is 0 Å². The summed E-state index contributed by atoms with van der Waals surface area (Å²) in [5, 5.41) is 17.7. The van der Waals surface area contributed by atoms with Crippen LogP contribution in [0.1, 0.15) is 39.1 Å². The van der Waals surface area contributed by atoms with Gasteiger partial charge in [-0.25, -0.2) is 0 Å². The maximum atomic E-state index is 5.78. The fraction of sp³-hybridized carbons (Fsp3) is 0.909. The van der Waals surface area contributed by atoms with Gasteiger partial charge in [0, 0.05) is 24.0 Å². The van der Waals surface area contributed by atoms with E-state index >= 15 is 0 Å². The largest absolute Gasteiger partial charge is 0.377 e. The summed E-state index contributed by atoms with van der Waals surface area (Å²) in [6.07, 6.45) is 1.57. The highest BCUT2D eigenvalue weighted by Gasteiger charge is 2.59. The Bertz CT molecular complexity index is 391. The molecule has 6 heteroatoms. The van der Waals surface area contributed by atoms with Gasteiger partial charge in [-0.05, 0) is 13.3 Å². The van der Waals surface area contributed by atoms with E-state index in [0.717, 1.165) is 18.9 Å². The van der Waals surface area contributed by atoms with Crippen molar-refractivity contribution in [2.24, 2.45) is 11.3 Å². The fourth-order valence-electron chi connectivity index (χ4n) is 3.36. The molecule has 3 rings (SSSR count). The lowest BCUT2D eigenvalue weighted by molar-refractivity contribution is -0.115. The SMILES string of the molecule is CC(NC1C2CCOC2C1(C)C)c1nn[nH]n1. The van der Waals surface area contributed by atoms with E-state index in [1.165, 1.54) is 0 Å². The number of rotatable bonds is 3. The van der Waals surface area contributed by atoms with Gasteiger partial charge in [0.1, 0.15) is 0 Å². The minimum atomic E-state index is 0.125. The van der Waals surface area contributed by atoms with Crippen molar-refractivity contribution in [1.82, 2.24) is 25.9 Å². The van der Waals surface area contributed by atoms with Crippen molar-refractivity contribution in [2.75, 3.05) is 6.61 Å². The molecule has 6 nitrogen and oxygen atoms in total. The number of hydrogen-bond acceptors (Lipinski definition) is 5. The molecule has 1 aliphatic carbocycles. The number of fused-ring (bicyclic) bond motifs is 1. The summed E-state index contributed by atoms with van der Waals surface area (Å²) < 4.78 is 5.78. The van der Waals surface area contributed by atoms with Crippen molar-refractivity contribution < 1.29 is 4.74 Å². The number of nitrogens with one attached hydrogen (secondary N) is 2. The maximum Gasteiger partial charge on any atom is 0.191 e. The minimum absolute atomic E-state index is 0.125. The van der Waals surface area contributed by atoms with Crippen LogP contribution in [0, 0.1) is 11.3 Å². The van der Waals surface area contributed by atoms with Gasteiger partial charge >= 0.3 is 0 Å².